The summed E-state index contributed by atoms with van der Waals surface area (Å²) in [6, 6.07) is 11.0. The van der Waals surface area contributed by atoms with Crippen LogP contribution in [-0.4, -0.2) is 66.5 Å². The topological polar surface area (TPSA) is 79.3 Å². The standard InChI is InChI=1S/C26H31ClN2O5/c1-5-28(6-2)14-15-29-23(18-10-13-20(34-7-3)21(16-18)33-4)22(25(31)26(29)32)24(30)17-8-11-19(27)12-9-17/h8-13,16,23,30H,5-7,14-15H2,1-4H3. The number of Topliss-reactive ketones (excluding diaryl/α,β-unsaturated/α-hetero) is 1. The van der Waals surface area contributed by atoms with Gasteiger partial charge in [0.25, 0.3) is 11.7 Å². The average molecular weight is 487 g/mol. The van der Waals surface area contributed by atoms with Crippen molar-refractivity contribution in [2.75, 3.05) is 39.9 Å². The molecule has 0 aromatic heterocycles. The molecule has 1 saturated heterocycles. The first kappa shape index (κ1) is 25.6. The number of ketones is 1. The third-order valence-corrected chi connectivity index (χ3v) is 6.26. The fourth-order valence-electron chi connectivity index (χ4n) is 4.14. The average Bonchev–Trinajstić information content (AvgIpc) is 3.10. The molecule has 0 spiro atoms. The van der Waals surface area contributed by atoms with Crippen LogP contribution in [0.15, 0.2) is 48.0 Å². The molecule has 182 valence electrons. The molecule has 34 heavy (non-hydrogen) atoms. The molecule has 0 radical (unpaired) electrons. The molecular formula is C26H31ClN2O5. The Labute approximate surface area is 205 Å². The SMILES string of the molecule is CCOc1ccc(C2C(=C(O)c3ccc(Cl)cc3)C(=O)C(=O)N2CCN(CC)CC)cc1OC. The molecule has 0 aliphatic carbocycles. The van der Waals surface area contributed by atoms with Gasteiger partial charge < -0.3 is 24.4 Å². The Balaban J connectivity index is 2.14. The fraction of sp³-hybridized carbons (Fsp3) is 0.385. The lowest BCUT2D eigenvalue weighted by atomic mass is 9.95. The second-order valence-electron chi connectivity index (χ2n) is 7.87. The van der Waals surface area contributed by atoms with Crippen molar-refractivity contribution in [1.29, 1.82) is 0 Å². The van der Waals surface area contributed by atoms with Gasteiger partial charge in [0.2, 0.25) is 0 Å². The quantitative estimate of drug-likeness (QED) is 0.302. The highest BCUT2D eigenvalue weighted by Gasteiger charge is 2.46. The smallest absolute Gasteiger partial charge is 0.295 e. The van der Waals surface area contributed by atoms with Crippen molar-refractivity contribution < 1.29 is 24.2 Å². The maximum Gasteiger partial charge on any atom is 0.295 e. The van der Waals surface area contributed by atoms with Crippen LogP contribution in [-0.2, 0) is 9.59 Å². The van der Waals surface area contributed by atoms with E-state index in [0.717, 1.165) is 13.1 Å². The lowest BCUT2D eigenvalue weighted by molar-refractivity contribution is -0.140. The molecule has 0 bridgehead atoms. The zero-order chi connectivity index (χ0) is 24.8. The molecule has 1 unspecified atom stereocenters. The van der Waals surface area contributed by atoms with Gasteiger partial charge in [-0.15, -0.1) is 0 Å². The van der Waals surface area contributed by atoms with Gasteiger partial charge in [0.1, 0.15) is 5.76 Å². The number of carbonyl (C=O) groups is 2. The number of hydrogen-bond donors (Lipinski definition) is 1. The molecule has 3 rings (SSSR count). The second-order valence-corrected chi connectivity index (χ2v) is 8.31. The molecule has 1 atom stereocenters. The largest absolute Gasteiger partial charge is 0.507 e. The number of benzene rings is 2. The number of halogens is 1. The highest BCUT2D eigenvalue weighted by molar-refractivity contribution is 6.46. The summed E-state index contributed by atoms with van der Waals surface area (Å²) in [6.07, 6.45) is 0. The van der Waals surface area contributed by atoms with Gasteiger partial charge in [-0.1, -0.05) is 31.5 Å². The van der Waals surface area contributed by atoms with E-state index in [1.54, 1.807) is 42.5 Å². The van der Waals surface area contributed by atoms with Crippen molar-refractivity contribution in [2.24, 2.45) is 0 Å². The minimum absolute atomic E-state index is 0.0399. The Kier molecular flexibility index (Phi) is 8.58. The summed E-state index contributed by atoms with van der Waals surface area (Å²) in [5, 5.41) is 11.7. The minimum atomic E-state index is -0.768. The number of aliphatic hydroxyl groups is 1. The van der Waals surface area contributed by atoms with Crippen LogP contribution in [0.1, 0.15) is 37.9 Å². The first-order valence-electron chi connectivity index (χ1n) is 11.4. The molecule has 1 aliphatic heterocycles. The number of methoxy groups -OCH3 is 1. The van der Waals surface area contributed by atoms with Gasteiger partial charge >= 0.3 is 0 Å². The van der Waals surface area contributed by atoms with Crippen molar-refractivity contribution in [3.05, 3.63) is 64.2 Å². The van der Waals surface area contributed by atoms with E-state index in [-0.39, 0.29) is 11.3 Å². The van der Waals surface area contributed by atoms with E-state index in [1.165, 1.54) is 12.0 Å². The van der Waals surface area contributed by atoms with Gasteiger partial charge in [0.15, 0.2) is 11.5 Å². The highest BCUT2D eigenvalue weighted by atomic mass is 35.5. The third-order valence-electron chi connectivity index (χ3n) is 6.01. The molecule has 8 heteroatoms. The number of rotatable bonds is 10. The van der Waals surface area contributed by atoms with Crippen LogP contribution in [0, 0.1) is 0 Å². The van der Waals surface area contributed by atoms with Crippen molar-refractivity contribution in [2.45, 2.75) is 26.8 Å². The van der Waals surface area contributed by atoms with Gasteiger partial charge in [-0.25, -0.2) is 0 Å². The lowest BCUT2D eigenvalue weighted by Crippen LogP contribution is -2.38. The Hall–Kier alpha value is -3.03. The summed E-state index contributed by atoms with van der Waals surface area (Å²) in [4.78, 5) is 30.0. The normalized spacial score (nSPS) is 17.5. The van der Waals surface area contributed by atoms with Crippen molar-refractivity contribution in [3.63, 3.8) is 0 Å². The number of likely N-dealkylation sites (N-methyl/N-ethyl adjacent to an activating group) is 1. The first-order valence-corrected chi connectivity index (χ1v) is 11.8. The summed E-state index contributed by atoms with van der Waals surface area (Å²) in [6.45, 7) is 9.03. The summed E-state index contributed by atoms with van der Waals surface area (Å²) in [7, 11) is 1.53. The lowest BCUT2D eigenvalue weighted by Gasteiger charge is -2.28. The molecule has 1 amide bonds. The molecule has 1 aliphatic rings. The minimum Gasteiger partial charge on any atom is -0.507 e. The van der Waals surface area contributed by atoms with E-state index in [1.807, 2.05) is 20.8 Å². The molecule has 1 N–H and O–H groups in total. The number of carbonyl (C=O) groups excluding carboxylic acids is 2. The third kappa shape index (κ3) is 5.21. The van der Waals surface area contributed by atoms with Crippen LogP contribution >= 0.6 is 11.6 Å². The number of ether oxygens (including phenoxy) is 2. The van der Waals surface area contributed by atoms with Crippen molar-refractivity contribution in [3.8, 4) is 11.5 Å². The molecule has 7 nitrogen and oxygen atoms in total. The Morgan fingerprint density at radius 2 is 1.74 bits per heavy atom. The van der Waals surface area contributed by atoms with Gasteiger partial charge in [-0.2, -0.15) is 0 Å². The van der Waals surface area contributed by atoms with E-state index in [4.69, 9.17) is 21.1 Å². The predicted molar refractivity (Wildman–Crippen MR) is 132 cm³/mol. The number of nitrogens with zero attached hydrogens (tertiary/aromatic N) is 2. The molecular weight excluding hydrogens is 456 g/mol. The van der Waals surface area contributed by atoms with Gasteiger partial charge in [0.05, 0.1) is 25.3 Å². The zero-order valence-electron chi connectivity index (χ0n) is 20.0. The maximum atomic E-state index is 13.2. The summed E-state index contributed by atoms with van der Waals surface area (Å²) in [5.74, 6) is -0.546. The van der Waals surface area contributed by atoms with Gasteiger partial charge in [-0.3, -0.25) is 9.59 Å². The number of hydrogen-bond acceptors (Lipinski definition) is 6. The summed E-state index contributed by atoms with van der Waals surface area (Å²) < 4.78 is 11.1. The molecule has 2 aromatic rings. The maximum absolute atomic E-state index is 13.2. The van der Waals surface area contributed by atoms with Gasteiger partial charge in [0, 0.05) is 23.7 Å². The molecule has 0 saturated carbocycles. The second kappa shape index (κ2) is 11.4. The van der Waals surface area contributed by atoms with Crippen LogP contribution in [0.5, 0.6) is 11.5 Å². The number of likely N-dealkylation sites (tertiary alicyclic amines) is 1. The number of amides is 1. The Morgan fingerprint density at radius 1 is 1.06 bits per heavy atom. The van der Waals surface area contributed by atoms with Crippen LogP contribution in [0.2, 0.25) is 5.02 Å². The van der Waals surface area contributed by atoms with Crippen LogP contribution in [0.25, 0.3) is 5.76 Å². The van der Waals surface area contributed by atoms with E-state index >= 15 is 0 Å². The predicted octanol–water partition coefficient (Wildman–Crippen LogP) is 4.51. The van der Waals surface area contributed by atoms with Crippen molar-refractivity contribution >= 4 is 29.1 Å². The van der Waals surface area contributed by atoms with Crippen LogP contribution < -0.4 is 9.47 Å². The number of aliphatic hydroxyl groups excluding tert-OH is 1. The summed E-state index contributed by atoms with van der Waals surface area (Å²) >= 11 is 5.99. The zero-order valence-corrected chi connectivity index (χ0v) is 20.8. The fourth-order valence-corrected chi connectivity index (χ4v) is 4.26. The first-order chi connectivity index (χ1) is 16.4. The molecule has 1 heterocycles. The van der Waals surface area contributed by atoms with Crippen LogP contribution in [0.3, 0.4) is 0 Å². The van der Waals surface area contributed by atoms with E-state index < -0.39 is 17.7 Å². The summed E-state index contributed by atoms with van der Waals surface area (Å²) in [5.41, 5.74) is 1.10. The Bertz CT molecular complexity index is 1060. The van der Waals surface area contributed by atoms with Gasteiger partial charge in [-0.05, 0) is 62.0 Å². The molecule has 2 aromatic carbocycles. The Morgan fingerprint density at radius 3 is 2.32 bits per heavy atom. The van der Waals surface area contributed by atoms with Crippen LogP contribution in [0.4, 0.5) is 0 Å². The highest BCUT2D eigenvalue weighted by Crippen LogP contribution is 2.42. The van der Waals surface area contributed by atoms with E-state index in [2.05, 4.69) is 4.90 Å². The monoisotopic (exact) mass is 486 g/mol. The molecule has 1 fully saturated rings. The van der Waals surface area contributed by atoms with E-state index in [9.17, 15) is 14.7 Å². The van der Waals surface area contributed by atoms with E-state index in [0.29, 0.717) is 47.3 Å². The van der Waals surface area contributed by atoms with Crippen molar-refractivity contribution in [1.82, 2.24) is 9.80 Å².